The highest BCUT2D eigenvalue weighted by Crippen LogP contribution is 2.34. The molecule has 2 saturated carbocycles. The lowest BCUT2D eigenvalue weighted by molar-refractivity contribution is 0.329. The quantitative estimate of drug-likeness (QED) is 0.224. The van der Waals surface area contributed by atoms with Gasteiger partial charge in [0, 0.05) is 37.3 Å². The fraction of sp³-hybridized carbons (Fsp3) is 0.516. The van der Waals surface area contributed by atoms with Crippen LogP contribution in [0, 0.1) is 0 Å². The zero-order valence-corrected chi connectivity index (χ0v) is 27.2. The Morgan fingerprint density at radius 3 is 2.20 bits per heavy atom. The Morgan fingerprint density at radius 1 is 0.795 bits per heavy atom. The highest BCUT2D eigenvalue weighted by Gasteiger charge is 2.31. The molecule has 1 saturated heterocycles. The lowest BCUT2D eigenvalue weighted by Gasteiger charge is -2.32. The summed E-state index contributed by atoms with van der Waals surface area (Å²) >= 11 is 0. The molecule has 4 aromatic rings. The van der Waals surface area contributed by atoms with Crippen LogP contribution in [0.25, 0.3) is 21.9 Å². The fourth-order valence-electron chi connectivity index (χ4n) is 6.89. The topological polar surface area (TPSA) is 131 Å². The van der Waals surface area contributed by atoms with Crippen molar-refractivity contribution in [2.24, 2.45) is 5.73 Å². The number of imidazole rings is 1. The number of fused-ring (bicyclic) bond motifs is 2. The number of piperidine rings is 1. The molecule has 10 nitrogen and oxygen atoms in total. The van der Waals surface area contributed by atoms with Gasteiger partial charge in [0.1, 0.15) is 0 Å². The summed E-state index contributed by atoms with van der Waals surface area (Å²) in [5, 5.41) is 9.20. The summed E-state index contributed by atoms with van der Waals surface area (Å²) in [6.45, 7) is 0.899. The number of benzene rings is 2. The Balaban J connectivity index is 0.00000192. The molecule has 4 N–H and O–H groups in total. The first-order valence-corrected chi connectivity index (χ1v) is 16.9. The lowest BCUT2D eigenvalue weighted by Crippen LogP contribution is -2.42. The largest absolute Gasteiger partial charge is 0.365 e. The third-order valence-corrected chi connectivity index (χ3v) is 11.3. The normalized spacial score (nSPS) is 22.0. The van der Waals surface area contributed by atoms with Gasteiger partial charge in [-0.25, -0.2) is 13.4 Å². The molecule has 0 amide bonds. The number of nitrogens with zero attached hydrogens (tertiary/aromatic N) is 5. The van der Waals surface area contributed by atoms with Crippen LogP contribution in [0.1, 0.15) is 70.3 Å². The third-order valence-electron chi connectivity index (χ3n) is 9.40. The van der Waals surface area contributed by atoms with Crippen LogP contribution in [0.2, 0.25) is 0 Å². The van der Waals surface area contributed by atoms with Crippen molar-refractivity contribution in [2.75, 3.05) is 23.7 Å². The van der Waals surface area contributed by atoms with E-state index in [9.17, 15) is 8.42 Å². The molecule has 0 spiro atoms. The van der Waals surface area contributed by atoms with Crippen LogP contribution in [0.4, 0.5) is 11.8 Å². The molecule has 3 fully saturated rings. The van der Waals surface area contributed by atoms with Crippen LogP contribution in [0.3, 0.4) is 0 Å². The molecule has 238 valence electrons. The predicted molar refractivity (Wildman–Crippen MR) is 181 cm³/mol. The average Bonchev–Trinajstić information content (AvgIpc) is 3.69. The molecule has 0 bridgehead atoms. The summed E-state index contributed by atoms with van der Waals surface area (Å²) < 4.78 is 30.9. The van der Waals surface area contributed by atoms with E-state index in [-0.39, 0.29) is 36.9 Å². The SMILES string of the molecule is Cl.Cl.NC1CCC(Nc2nc(NC3CCN(S(=O)(=O)c4ccc5ccccc5c4)CC3)c3ncn(C4CCCC4)c3n2)CC1. The lowest BCUT2D eigenvalue weighted by atomic mass is 9.92. The van der Waals surface area contributed by atoms with Gasteiger partial charge in [-0.1, -0.05) is 43.2 Å². The zero-order chi connectivity index (χ0) is 28.7. The summed E-state index contributed by atoms with van der Waals surface area (Å²) in [6, 6.07) is 14.3. The number of sulfonamides is 1. The number of anilines is 2. The maximum Gasteiger partial charge on any atom is 0.243 e. The molecule has 3 heterocycles. The molecule has 2 aromatic heterocycles. The molecule has 13 heteroatoms. The van der Waals surface area contributed by atoms with E-state index in [1.165, 1.54) is 12.8 Å². The minimum absolute atomic E-state index is 0. The smallest absolute Gasteiger partial charge is 0.243 e. The third kappa shape index (κ3) is 6.62. The van der Waals surface area contributed by atoms with E-state index < -0.39 is 10.0 Å². The van der Waals surface area contributed by atoms with Gasteiger partial charge in [-0.15, -0.1) is 24.8 Å². The molecule has 44 heavy (non-hydrogen) atoms. The summed E-state index contributed by atoms with van der Waals surface area (Å²) in [4.78, 5) is 15.0. The Hall–Kier alpha value is -2.70. The molecule has 0 unspecified atom stereocenters. The van der Waals surface area contributed by atoms with Crippen molar-refractivity contribution < 1.29 is 8.42 Å². The molecule has 2 aromatic carbocycles. The molecule has 0 atom stereocenters. The van der Waals surface area contributed by atoms with E-state index >= 15 is 0 Å². The van der Waals surface area contributed by atoms with E-state index in [2.05, 4.69) is 15.2 Å². The van der Waals surface area contributed by atoms with Crippen molar-refractivity contribution >= 4 is 68.5 Å². The molecule has 1 aliphatic heterocycles. The number of nitrogens with one attached hydrogen (secondary N) is 2. The van der Waals surface area contributed by atoms with Crippen LogP contribution in [0.5, 0.6) is 0 Å². The highest BCUT2D eigenvalue weighted by atomic mass is 35.5. The van der Waals surface area contributed by atoms with Gasteiger partial charge in [0.25, 0.3) is 0 Å². The molecule has 3 aliphatic rings. The van der Waals surface area contributed by atoms with Crippen molar-refractivity contribution in [1.29, 1.82) is 0 Å². The maximum atomic E-state index is 13.5. The Labute approximate surface area is 271 Å². The van der Waals surface area contributed by atoms with E-state index in [0.717, 1.165) is 66.3 Å². The van der Waals surface area contributed by atoms with Gasteiger partial charge in [0.2, 0.25) is 16.0 Å². The first kappa shape index (κ1) is 32.7. The van der Waals surface area contributed by atoms with Gasteiger partial charge in [-0.3, -0.25) is 0 Å². The van der Waals surface area contributed by atoms with Crippen LogP contribution in [0.15, 0.2) is 53.7 Å². The average molecular weight is 662 g/mol. The fourth-order valence-corrected chi connectivity index (χ4v) is 8.39. The van der Waals surface area contributed by atoms with Crippen molar-refractivity contribution in [3.05, 3.63) is 48.8 Å². The standard InChI is InChI=1S/C31H40N8O2S.2ClH/c32-23-10-12-24(13-11-23)35-31-36-29(28-30(37-31)39(20-33-28)26-7-3-4-8-26)34-25-15-17-38(18-16-25)42(40,41)27-14-9-21-5-1-2-6-22(21)19-27;;/h1-2,5-6,9,14,19-20,23-26H,3-4,7-8,10-13,15-18,32H2,(H2,34,35,36,37);2*1H. The second-order valence-electron chi connectivity index (χ2n) is 12.2. The molecular formula is C31H42Cl2N8O2S. The van der Waals surface area contributed by atoms with Crippen molar-refractivity contribution in [3.8, 4) is 0 Å². The Bertz CT molecular complexity index is 1680. The number of hydrogen-bond acceptors (Lipinski definition) is 8. The van der Waals surface area contributed by atoms with Crippen LogP contribution in [-0.4, -0.2) is 63.5 Å². The van der Waals surface area contributed by atoms with Crippen LogP contribution < -0.4 is 16.4 Å². The highest BCUT2D eigenvalue weighted by molar-refractivity contribution is 7.89. The second kappa shape index (κ2) is 13.7. The number of halogens is 2. The Morgan fingerprint density at radius 2 is 1.48 bits per heavy atom. The van der Waals surface area contributed by atoms with Gasteiger partial charge in [0.15, 0.2) is 17.0 Å². The molecule has 7 rings (SSSR count). The first-order valence-electron chi connectivity index (χ1n) is 15.5. The second-order valence-corrected chi connectivity index (χ2v) is 14.2. The van der Waals surface area contributed by atoms with Gasteiger partial charge in [0.05, 0.1) is 11.2 Å². The zero-order valence-electron chi connectivity index (χ0n) is 24.8. The molecule has 2 aliphatic carbocycles. The first-order chi connectivity index (χ1) is 20.4. The number of nitrogens with two attached hydrogens (primary N) is 1. The van der Waals surface area contributed by atoms with Crippen LogP contribution >= 0.6 is 24.8 Å². The van der Waals surface area contributed by atoms with E-state index in [0.29, 0.717) is 48.9 Å². The monoisotopic (exact) mass is 660 g/mol. The van der Waals surface area contributed by atoms with Gasteiger partial charge < -0.3 is 20.9 Å². The van der Waals surface area contributed by atoms with Crippen molar-refractivity contribution in [3.63, 3.8) is 0 Å². The number of rotatable bonds is 7. The minimum atomic E-state index is -3.57. The molecular weight excluding hydrogens is 619 g/mol. The van der Waals surface area contributed by atoms with Gasteiger partial charge in [-0.2, -0.15) is 14.3 Å². The van der Waals surface area contributed by atoms with E-state index in [1.807, 2.05) is 36.7 Å². The predicted octanol–water partition coefficient (Wildman–Crippen LogP) is 5.89. The van der Waals surface area contributed by atoms with E-state index in [4.69, 9.17) is 20.7 Å². The maximum absolute atomic E-state index is 13.5. The van der Waals surface area contributed by atoms with Crippen molar-refractivity contribution in [1.82, 2.24) is 23.8 Å². The molecule has 0 radical (unpaired) electrons. The summed E-state index contributed by atoms with van der Waals surface area (Å²) in [7, 11) is -3.57. The number of aromatic nitrogens is 4. The summed E-state index contributed by atoms with van der Waals surface area (Å²) in [6.07, 6.45) is 12.1. The summed E-state index contributed by atoms with van der Waals surface area (Å²) in [5.74, 6) is 1.35. The van der Waals surface area contributed by atoms with Gasteiger partial charge >= 0.3 is 0 Å². The van der Waals surface area contributed by atoms with Crippen molar-refractivity contribution in [2.45, 2.75) is 93.3 Å². The van der Waals surface area contributed by atoms with Gasteiger partial charge in [-0.05, 0) is 74.3 Å². The Kier molecular flexibility index (Phi) is 10.2. The van der Waals surface area contributed by atoms with E-state index in [1.54, 1.807) is 16.4 Å². The minimum Gasteiger partial charge on any atom is -0.365 e. The number of hydrogen-bond donors (Lipinski definition) is 3. The van der Waals surface area contributed by atoms with Crippen LogP contribution in [-0.2, 0) is 10.0 Å². The summed E-state index contributed by atoms with van der Waals surface area (Å²) in [5.41, 5.74) is 7.79.